The number of nitrogens with zero attached hydrogens (tertiary/aromatic N) is 4. The van der Waals surface area contributed by atoms with E-state index in [0.717, 1.165) is 57.2 Å². The highest BCUT2D eigenvalue weighted by atomic mass is 35.5. The van der Waals surface area contributed by atoms with Gasteiger partial charge in [-0.1, -0.05) is 6.07 Å². The molecule has 0 amide bonds. The number of anilines is 1. The van der Waals surface area contributed by atoms with Crippen LogP contribution in [0.1, 0.15) is 53.9 Å². The second-order valence-corrected chi connectivity index (χ2v) is 9.09. The van der Waals surface area contributed by atoms with Gasteiger partial charge in [-0.2, -0.15) is 0 Å². The molecule has 0 atom stereocenters. The summed E-state index contributed by atoms with van der Waals surface area (Å²) < 4.78 is 0. The summed E-state index contributed by atoms with van der Waals surface area (Å²) in [6, 6.07) is 6.99. The smallest absolute Gasteiger partial charge is 0.134 e. The van der Waals surface area contributed by atoms with Crippen LogP contribution in [0.25, 0.3) is 0 Å². The third-order valence-corrected chi connectivity index (χ3v) is 6.80. The zero-order valence-corrected chi connectivity index (χ0v) is 18.4. The van der Waals surface area contributed by atoms with Gasteiger partial charge in [0, 0.05) is 67.2 Å². The molecule has 3 aliphatic rings. The van der Waals surface area contributed by atoms with Gasteiger partial charge >= 0.3 is 0 Å². The standard InChI is InChI=1S/C20H27N5S.2ClH/c21-16-10-15(11-16)18-12-19(23-20(22-18)14-3-4-14)25-7-5-24(6-8-25)13-17-2-1-9-26-17;;/h1-2,9,12,14-16H,3-8,10-11,13,21H2;2*1H. The molecular weight excluding hydrogens is 413 g/mol. The molecule has 0 spiro atoms. The number of hydrogen-bond donors (Lipinski definition) is 1. The zero-order chi connectivity index (χ0) is 17.5. The summed E-state index contributed by atoms with van der Waals surface area (Å²) in [5.41, 5.74) is 7.25. The number of rotatable bonds is 5. The molecule has 0 aromatic carbocycles. The number of piperazine rings is 1. The fraction of sp³-hybridized carbons (Fsp3) is 0.600. The summed E-state index contributed by atoms with van der Waals surface area (Å²) in [7, 11) is 0. The van der Waals surface area contributed by atoms with Crippen LogP contribution in [0.15, 0.2) is 23.6 Å². The maximum atomic E-state index is 6.01. The minimum Gasteiger partial charge on any atom is -0.354 e. The van der Waals surface area contributed by atoms with Crippen molar-refractivity contribution in [3.8, 4) is 0 Å². The molecule has 0 radical (unpaired) electrons. The number of halogens is 2. The molecule has 0 unspecified atom stereocenters. The Morgan fingerprint density at radius 2 is 1.79 bits per heavy atom. The van der Waals surface area contributed by atoms with E-state index in [1.807, 2.05) is 11.3 Å². The second kappa shape index (κ2) is 9.26. The maximum Gasteiger partial charge on any atom is 0.134 e. The highest BCUT2D eigenvalue weighted by molar-refractivity contribution is 7.09. The number of thiophene rings is 1. The van der Waals surface area contributed by atoms with Crippen LogP contribution in [0.2, 0.25) is 0 Å². The van der Waals surface area contributed by atoms with E-state index in [4.69, 9.17) is 15.7 Å². The normalized spacial score (nSPS) is 24.8. The van der Waals surface area contributed by atoms with Gasteiger partial charge in [0.25, 0.3) is 0 Å². The number of aromatic nitrogens is 2. The van der Waals surface area contributed by atoms with Crippen molar-refractivity contribution in [2.75, 3.05) is 31.1 Å². The van der Waals surface area contributed by atoms with E-state index >= 15 is 0 Å². The Hall–Kier alpha value is -0.920. The van der Waals surface area contributed by atoms with E-state index in [1.165, 1.54) is 23.4 Å². The van der Waals surface area contributed by atoms with Crippen molar-refractivity contribution in [1.82, 2.24) is 14.9 Å². The topological polar surface area (TPSA) is 58.3 Å². The average Bonchev–Trinajstić information content (AvgIpc) is 3.37. The molecule has 2 N–H and O–H groups in total. The van der Waals surface area contributed by atoms with E-state index < -0.39 is 0 Å². The highest BCUT2D eigenvalue weighted by Gasteiger charge is 2.33. The number of nitrogens with two attached hydrogens (primary N) is 1. The van der Waals surface area contributed by atoms with E-state index in [2.05, 4.69) is 33.4 Å². The van der Waals surface area contributed by atoms with Gasteiger partial charge < -0.3 is 10.6 Å². The lowest BCUT2D eigenvalue weighted by molar-refractivity contribution is 0.251. The molecule has 3 fully saturated rings. The Balaban J connectivity index is 0.00000112. The van der Waals surface area contributed by atoms with Crippen LogP contribution >= 0.6 is 36.2 Å². The first-order valence-corrected chi connectivity index (χ1v) is 10.8. The summed E-state index contributed by atoms with van der Waals surface area (Å²) in [6.07, 6.45) is 4.66. The van der Waals surface area contributed by atoms with Crippen molar-refractivity contribution in [3.63, 3.8) is 0 Å². The van der Waals surface area contributed by atoms with E-state index in [9.17, 15) is 0 Å². The van der Waals surface area contributed by atoms with Gasteiger partial charge in [-0.15, -0.1) is 36.2 Å². The fourth-order valence-corrected chi connectivity index (χ4v) is 4.77. The highest BCUT2D eigenvalue weighted by Crippen LogP contribution is 2.41. The minimum absolute atomic E-state index is 0. The lowest BCUT2D eigenvalue weighted by Crippen LogP contribution is -2.46. The molecule has 2 aliphatic carbocycles. The monoisotopic (exact) mass is 441 g/mol. The molecule has 3 heterocycles. The fourth-order valence-electron chi connectivity index (χ4n) is 4.03. The first-order valence-electron chi connectivity index (χ1n) is 9.89. The molecule has 5 rings (SSSR count). The van der Waals surface area contributed by atoms with Crippen LogP contribution in [0.4, 0.5) is 5.82 Å². The Morgan fingerprint density at radius 3 is 2.39 bits per heavy atom. The third kappa shape index (κ3) is 4.79. The lowest BCUT2D eigenvalue weighted by Gasteiger charge is -2.36. The minimum atomic E-state index is 0. The predicted octanol–water partition coefficient (Wildman–Crippen LogP) is 3.79. The van der Waals surface area contributed by atoms with Crippen LogP contribution < -0.4 is 10.6 Å². The Morgan fingerprint density at radius 1 is 1.04 bits per heavy atom. The van der Waals surface area contributed by atoms with Crippen molar-refractivity contribution in [2.45, 2.75) is 50.1 Å². The molecule has 0 bridgehead atoms. The van der Waals surface area contributed by atoms with Gasteiger partial charge in [0.1, 0.15) is 11.6 Å². The summed E-state index contributed by atoms with van der Waals surface area (Å²) in [4.78, 5) is 16.3. The second-order valence-electron chi connectivity index (χ2n) is 8.05. The van der Waals surface area contributed by atoms with Crippen LogP contribution in [-0.2, 0) is 6.54 Å². The van der Waals surface area contributed by atoms with Crippen LogP contribution in [-0.4, -0.2) is 47.1 Å². The van der Waals surface area contributed by atoms with Gasteiger partial charge in [0.15, 0.2) is 0 Å². The molecule has 154 valence electrons. The van der Waals surface area contributed by atoms with Gasteiger partial charge in [-0.25, -0.2) is 9.97 Å². The van der Waals surface area contributed by atoms with Crippen molar-refractivity contribution in [1.29, 1.82) is 0 Å². The Kier molecular flexibility index (Phi) is 7.21. The molecule has 5 nitrogen and oxygen atoms in total. The largest absolute Gasteiger partial charge is 0.354 e. The molecule has 2 aromatic rings. The first-order chi connectivity index (χ1) is 12.7. The first kappa shape index (κ1) is 21.8. The van der Waals surface area contributed by atoms with E-state index in [1.54, 1.807) is 0 Å². The summed E-state index contributed by atoms with van der Waals surface area (Å²) >= 11 is 1.85. The molecule has 1 saturated heterocycles. The SMILES string of the molecule is Cl.Cl.NC1CC(c2cc(N3CCN(Cc4cccs4)CC3)nc(C3CC3)n2)C1. The van der Waals surface area contributed by atoms with Crippen LogP contribution in [0.5, 0.6) is 0 Å². The van der Waals surface area contributed by atoms with Crippen LogP contribution in [0.3, 0.4) is 0 Å². The molecule has 2 aromatic heterocycles. The lowest BCUT2D eigenvalue weighted by atomic mass is 9.78. The third-order valence-electron chi connectivity index (χ3n) is 5.94. The Bertz CT molecular complexity index is 754. The van der Waals surface area contributed by atoms with Gasteiger partial charge in [-0.3, -0.25) is 4.90 Å². The van der Waals surface area contributed by atoms with Crippen molar-refractivity contribution in [3.05, 3.63) is 40.0 Å². The summed E-state index contributed by atoms with van der Waals surface area (Å²) in [5, 5.41) is 2.17. The van der Waals surface area contributed by atoms with Crippen molar-refractivity contribution >= 4 is 42.0 Å². The quantitative estimate of drug-likeness (QED) is 0.764. The molecule has 28 heavy (non-hydrogen) atoms. The molecule has 1 aliphatic heterocycles. The molecule has 2 saturated carbocycles. The maximum absolute atomic E-state index is 6.01. The molecule has 8 heteroatoms. The van der Waals surface area contributed by atoms with Crippen LogP contribution in [0, 0.1) is 0 Å². The van der Waals surface area contributed by atoms with E-state index in [-0.39, 0.29) is 24.8 Å². The predicted molar refractivity (Wildman–Crippen MR) is 120 cm³/mol. The molecular formula is C20H29Cl2N5S. The van der Waals surface area contributed by atoms with Gasteiger partial charge in [-0.05, 0) is 37.1 Å². The Labute approximate surface area is 183 Å². The van der Waals surface area contributed by atoms with Crippen molar-refractivity contribution < 1.29 is 0 Å². The summed E-state index contributed by atoms with van der Waals surface area (Å²) in [5.74, 6) is 3.37. The average molecular weight is 442 g/mol. The number of hydrogen-bond acceptors (Lipinski definition) is 6. The van der Waals surface area contributed by atoms with Gasteiger partial charge in [0.05, 0.1) is 0 Å². The van der Waals surface area contributed by atoms with Gasteiger partial charge in [0.2, 0.25) is 0 Å². The van der Waals surface area contributed by atoms with E-state index in [0.29, 0.717) is 17.9 Å². The zero-order valence-electron chi connectivity index (χ0n) is 16.0. The van der Waals surface area contributed by atoms with Crippen molar-refractivity contribution in [2.24, 2.45) is 5.73 Å². The summed E-state index contributed by atoms with van der Waals surface area (Å²) in [6.45, 7) is 5.38.